The molecule has 0 unspecified atom stereocenters. The molecule has 1 N–H and O–H groups in total. The zero-order chi connectivity index (χ0) is 31.1. The number of benzene rings is 3. The van der Waals surface area contributed by atoms with Crippen molar-refractivity contribution >= 4 is 27.5 Å². The highest BCUT2D eigenvalue weighted by molar-refractivity contribution is 7.92. The molecule has 234 valence electrons. The van der Waals surface area contributed by atoms with Crippen LogP contribution in [-0.4, -0.2) is 62.7 Å². The predicted octanol–water partition coefficient (Wildman–Crippen LogP) is 4.62. The van der Waals surface area contributed by atoms with E-state index in [4.69, 9.17) is 9.47 Å². The van der Waals surface area contributed by atoms with Crippen LogP contribution < -0.4 is 19.1 Å². The first-order valence-electron chi connectivity index (χ1n) is 15.3. The highest BCUT2D eigenvalue weighted by Gasteiger charge is 2.35. The van der Waals surface area contributed by atoms with Gasteiger partial charge in [0.25, 0.3) is 0 Å². The summed E-state index contributed by atoms with van der Waals surface area (Å²) in [6, 6.07) is 21.5. The van der Waals surface area contributed by atoms with E-state index in [0.29, 0.717) is 36.8 Å². The molecule has 1 saturated carbocycles. The van der Waals surface area contributed by atoms with E-state index in [2.05, 4.69) is 5.32 Å². The summed E-state index contributed by atoms with van der Waals surface area (Å²) < 4.78 is 39.4. The largest absolute Gasteiger partial charge is 0.486 e. The molecule has 5 rings (SSSR count). The fraction of sp³-hybridized carbons (Fsp3) is 0.412. The van der Waals surface area contributed by atoms with Crippen LogP contribution in [0.15, 0.2) is 72.8 Å². The van der Waals surface area contributed by atoms with Crippen LogP contribution in [0.25, 0.3) is 0 Å². The van der Waals surface area contributed by atoms with Crippen LogP contribution >= 0.6 is 0 Å². The molecule has 44 heavy (non-hydrogen) atoms. The number of amides is 2. The fourth-order valence-corrected chi connectivity index (χ4v) is 6.89. The molecule has 1 heterocycles. The zero-order valence-corrected chi connectivity index (χ0v) is 26.2. The molecule has 0 radical (unpaired) electrons. The summed E-state index contributed by atoms with van der Waals surface area (Å²) in [5.74, 6) is 0.0362. The minimum atomic E-state index is -3.88. The number of hydrogen-bond donors (Lipinski definition) is 1. The molecule has 3 aromatic rings. The molecule has 1 aliphatic heterocycles. The number of aryl methyl sites for hydroxylation is 1. The monoisotopic (exact) mass is 619 g/mol. The lowest BCUT2D eigenvalue weighted by atomic mass is 10.0. The van der Waals surface area contributed by atoms with Crippen LogP contribution in [0.2, 0.25) is 0 Å². The van der Waals surface area contributed by atoms with Crippen molar-refractivity contribution in [3.8, 4) is 11.5 Å². The van der Waals surface area contributed by atoms with Gasteiger partial charge in [0.1, 0.15) is 25.8 Å². The zero-order valence-electron chi connectivity index (χ0n) is 25.4. The van der Waals surface area contributed by atoms with Gasteiger partial charge in [0.15, 0.2) is 11.5 Å². The van der Waals surface area contributed by atoms with Crippen molar-refractivity contribution in [3.63, 3.8) is 0 Å². The van der Waals surface area contributed by atoms with Gasteiger partial charge in [-0.25, -0.2) is 8.42 Å². The second-order valence-corrected chi connectivity index (χ2v) is 13.6. The van der Waals surface area contributed by atoms with Gasteiger partial charge in [-0.2, -0.15) is 0 Å². The predicted molar refractivity (Wildman–Crippen MR) is 170 cm³/mol. The van der Waals surface area contributed by atoms with Crippen molar-refractivity contribution < 1.29 is 27.5 Å². The average Bonchev–Trinajstić information content (AvgIpc) is 3.54. The first kappa shape index (κ1) is 31.4. The van der Waals surface area contributed by atoms with Gasteiger partial charge in [-0.1, -0.05) is 73.0 Å². The van der Waals surface area contributed by atoms with E-state index in [0.717, 1.165) is 46.7 Å². The van der Waals surface area contributed by atoms with Gasteiger partial charge in [-0.3, -0.25) is 13.9 Å². The molecule has 1 fully saturated rings. The highest BCUT2D eigenvalue weighted by atomic mass is 32.2. The Morgan fingerprint density at radius 1 is 0.909 bits per heavy atom. The van der Waals surface area contributed by atoms with Gasteiger partial charge in [-0.15, -0.1) is 0 Å². The Balaban J connectivity index is 1.52. The maximum absolute atomic E-state index is 14.4. The summed E-state index contributed by atoms with van der Waals surface area (Å²) >= 11 is 0. The van der Waals surface area contributed by atoms with Gasteiger partial charge in [0, 0.05) is 25.1 Å². The highest BCUT2D eigenvalue weighted by Crippen LogP contribution is 2.35. The van der Waals surface area contributed by atoms with E-state index in [1.54, 1.807) is 30.0 Å². The smallest absolute Gasteiger partial charge is 0.244 e. The number of nitrogens with zero attached hydrogens (tertiary/aromatic N) is 2. The van der Waals surface area contributed by atoms with Crippen molar-refractivity contribution in [3.05, 3.63) is 89.5 Å². The number of anilines is 1. The lowest BCUT2D eigenvalue weighted by Crippen LogP contribution is -2.54. The van der Waals surface area contributed by atoms with E-state index in [1.165, 1.54) is 0 Å². The van der Waals surface area contributed by atoms with Gasteiger partial charge in [-0.05, 0) is 49.9 Å². The number of hydrogen-bond acceptors (Lipinski definition) is 6. The maximum atomic E-state index is 14.4. The second-order valence-electron chi connectivity index (χ2n) is 11.4. The summed E-state index contributed by atoms with van der Waals surface area (Å²) in [7, 11) is -3.88. The summed E-state index contributed by atoms with van der Waals surface area (Å²) in [6.07, 6.45) is 4.21. The Morgan fingerprint density at radius 2 is 1.61 bits per heavy atom. The minimum Gasteiger partial charge on any atom is -0.486 e. The topological polar surface area (TPSA) is 105 Å². The molecular formula is C34H41N3O6S. The standard InChI is InChI=1S/C34H41N3O6S/c1-3-44(40,41)37(29-16-17-31-32(22-29)43-19-18-42-31)24-33(38)36(23-27-13-9-10-25(2)20-27)30(21-26-11-5-4-6-12-26)34(39)35-28-14-7-8-15-28/h4-6,9-13,16-17,20,22,28,30H,3,7-8,14-15,18-19,21,23-24H2,1-2H3,(H,35,39)/t30-/m1/s1. The van der Waals surface area contributed by atoms with Crippen molar-refractivity contribution in [2.45, 2.75) is 64.6 Å². The third kappa shape index (κ3) is 7.72. The molecule has 2 aliphatic rings. The number of ether oxygens (including phenoxy) is 2. The normalized spacial score (nSPS) is 15.4. The SMILES string of the molecule is CCS(=O)(=O)N(CC(=O)N(Cc1cccc(C)c1)[C@H](Cc1ccccc1)C(=O)NC1CCCC1)c1ccc2c(c1)OCCO2. The Bertz CT molecular complexity index is 1560. The number of rotatable bonds is 12. The molecule has 1 aliphatic carbocycles. The number of carbonyl (C=O) groups excluding carboxylic acids is 2. The average molecular weight is 620 g/mol. The first-order valence-corrected chi connectivity index (χ1v) is 16.9. The molecule has 9 nitrogen and oxygen atoms in total. The lowest BCUT2D eigenvalue weighted by Gasteiger charge is -2.34. The van der Waals surface area contributed by atoms with E-state index < -0.39 is 28.5 Å². The molecule has 10 heteroatoms. The Labute approximate surface area is 260 Å². The third-order valence-corrected chi connectivity index (χ3v) is 9.94. The number of fused-ring (bicyclic) bond motifs is 1. The van der Waals surface area contributed by atoms with E-state index in [-0.39, 0.29) is 24.2 Å². The maximum Gasteiger partial charge on any atom is 0.244 e. The summed E-state index contributed by atoms with van der Waals surface area (Å²) in [6.45, 7) is 3.95. The summed E-state index contributed by atoms with van der Waals surface area (Å²) in [5, 5.41) is 3.20. The van der Waals surface area contributed by atoms with E-state index in [1.807, 2.05) is 61.5 Å². The Hall–Kier alpha value is -4.05. The van der Waals surface area contributed by atoms with Crippen LogP contribution in [-0.2, 0) is 32.6 Å². The molecule has 1 atom stereocenters. The van der Waals surface area contributed by atoms with Gasteiger partial charge in [0.2, 0.25) is 21.8 Å². The second kappa shape index (κ2) is 14.2. The number of carbonyl (C=O) groups is 2. The minimum absolute atomic E-state index is 0.0615. The van der Waals surface area contributed by atoms with Crippen LogP contribution in [0.1, 0.15) is 49.3 Å². The van der Waals surface area contributed by atoms with Gasteiger partial charge < -0.3 is 19.7 Å². The molecule has 0 bridgehead atoms. The molecule has 0 spiro atoms. The van der Waals surface area contributed by atoms with Crippen LogP contribution in [0.5, 0.6) is 11.5 Å². The number of sulfonamides is 1. The van der Waals surface area contributed by atoms with Gasteiger partial charge in [0.05, 0.1) is 11.4 Å². The van der Waals surface area contributed by atoms with Crippen molar-refractivity contribution in [1.82, 2.24) is 10.2 Å². The summed E-state index contributed by atoms with van der Waals surface area (Å²) in [4.78, 5) is 30.0. The Kier molecular flexibility index (Phi) is 10.1. The van der Waals surface area contributed by atoms with E-state index >= 15 is 0 Å². The summed E-state index contributed by atoms with van der Waals surface area (Å²) in [5.41, 5.74) is 3.09. The first-order chi connectivity index (χ1) is 21.2. The molecule has 2 amide bonds. The van der Waals surface area contributed by atoms with Crippen molar-refractivity contribution in [2.75, 3.05) is 29.8 Å². The van der Waals surface area contributed by atoms with Crippen LogP contribution in [0.3, 0.4) is 0 Å². The molecule has 3 aromatic carbocycles. The molecule has 0 saturated heterocycles. The van der Waals surface area contributed by atoms with Gasteiger partial charge >= 0.3 is 0 Å². The lowest BCUT2D eigenvalue weighted by molar-refractivity contribution is -0.140. The third-order valence-electron chi connectivity index (χ3n) is 8.20. The molecular weight excluding hydrogens is 578 g/mol. The van der Waals surface area contributed by atoms with E-state index in [9.17, 15) is 18.0 Å². The molecule has 0 aromatic heterocycles. The fourth-order valence-electron chi connectivity index (χ4n) is 5.84. The number of nitrogens with one attached hydrogen (secondary N) is 1. The Morgan fingerprint density at radius 3 is 2.32 bits per heavy atom. The van der Waals surface area contributed by atoms with Crippen molar-refractivity contribution in [2.24, 2.45) is 0 Å². The van der Waals surface area contributed by atoms with Crippen LogP contribution in [0, 0.1) is 6.92 Å². The van der Waals surface area contributed by atoms with Crippen molar-refractivity contribution in [1.29, 1.82) is 0 Å². The van der Waals surface area contributed by atoms with Crippen LogP contribution in [0.4, 0.5) is 5.69 Å². The quantitative estimate of drug-likeness (QED) is 0.317.